The number of rotatable bonds is 3. The van der Waals surface area contributed by atoms with Crippen LogP contribution in [0.4, 0.5) is 17.1 Å². The summed E-state index contributed by atoms with van der Waals surface area (Å²) in [6, 6.07) is 30.0. The fourth-order valence-corrected chi connectivity index (χ4v) is 5.11. The minimum atomic E-state index is 0.0825. The number of para-hydroxylation sites is 1. The van der Waals surface area contributed by atoms with Crippen LogP contribution in [0.2, 0.25) is 0 Å². The molecule has 0 atom stereocenters. The molecule has 0 saturated heterocycles. The highest BCUT2D eigenvalue weighted by atomic mass is 16.3. The van der Waals surface area contributed by atoms with Crippen LogP contribution in [0.25, 0.3) is 21.8 Å². The predicted molar refractivity (Wildman–Crippen MR) is 154 cm³/mol. The molecule has 1 N–H and O–H groups in total. The first-order valence-corrected chi connectivity index (χ1v) is 12.7. The van der Waals surface area contributed by atoms with Crippen molar-refractivity contribution in [3.63, 3.8) is 0 Å². The molecule has 4 aromatic carbocycles. The molecule has 0 unspecified atom stereocenters. The average molecular weight is 477 g/mol. The molecule has 0 spiro atoms. The van der Waals surface area contributed by atoms with Crippen molar-refractivity contribution in [2.75, 3.05) is 4.90 Å². The Morgan fingerprint density at radius 2 is 1.14 bits per heavy atom. The second-order valence-electron chi connectivity index (χ2n) is 11.8. The second kappa shape index (κ2) is 8.44. The van der Waals surface area contributed by atoms with Gasteiger partial charge in [-0.2, -0.15) is 0 Å². The van der Waals surface area contributed by atoms with E-state index in [9.17, 15) is 5.11 Å². The largest absolute Gasteiger partial charge is 0.506 e. The number of hydrogen-bond donors (Lipinski definition) is 1. The molecule has 1 aromatic heterocycles. The van der Waals surface area contributed by atoms with Gasteiger partial charge in [-0.15, -0.1) is 0 Å². The Morgan fingerprint density at radius 1 is 0.639 bits per heavy atom. The molecule has 0 aliphatic carbocycles. The fraction of sp³-hybridized carbons (Fsp3) is 0.273. The topological polar surface area (TPSA) is 28.4 Å². The van der Waals surface area contributed by atoms with Crippen LogP contribution in [-0.4, -0.2) is 9.67 Å². The van der Waals surface area contributed by atoms with Crippen molar-refractivity contribution in [2.24, 2.45) is 7.05 Å². The Kier molecular flexibility index (Phi) is 5.63. The Balaban J connectivity index is 1.79. The molecule has 184 valence electrons. The lowest BCUT2D eigenvalue weighted by Gasteiger charge is -2.29. The zero-order valence-corrected chi connectivity index (χ0v) is 22.4. The third-order valence-electron chi connectivity index (χ3n) is 7.23. The summed E-state index contributed by atoms with van der Waals surface area (Å²) in [5, 5.41) is 13.1. The predicted octanol–water partition coefficient (Wildman–Crippen LogP) is 9.10. The quantitative estimate of drug-likeness (QED) is 0.281. The fourth-order valence-electron chi connectivity index (χ4n) is 5.11. The van der Waals surface area contributed by atoms with Gasteiger partial charge in [0.2, 0.25) is 0 Å². The van der Waals surface area contributed by atoms with Crippen molar-refractivity contribution in [3.8, 4) is 5.75 Å². The van der Waals surface area contributed by atoms with Crippen LogP contribution in [0.5, 0.6) is 5.75 Å². The van der Waals surface area contributed by atoms with Gasteiger partial charge in [0.15, 0.2) is 0 Å². The lowest BCUT2D eigenvalue weighted by molar-refractivity contribution is 0.479. The maximum atomic E-state index is 10.9. The van der Waals surface area contributed by atoms with E-state index < -0.39 is 0 Å². The van der Waals surface area contributed by atoms with Crippen molar-refractivity contribution in [2.45, 2.75) is 52.4 Å². The number of phenols is 1. The van der Waals surface area contributed by atoms with E-state index in [1.165, 1.54) is 11.1 Å². The summed E-state index contributed by atoms with van der Waals surface area (Å²) in [6.07, 6.45) is 0. The monoisotopic (exact) mass is 476 g/mol. The van der Waals surface area contributed by atoms with Gasteiger partial charge in [0.25, 0.3) is 0 Å². The molecule has 5 aromatic rings. The lowest BCUT2D eigenvalue weighted by Crippen LogP contribution is -2.14. The van der Waals surface area contributed by atoms with Crippen molar-refractivity contribution in [1.82, 2.24) is 4.57 Å². The first kappa shape index (κ1) is 24.0. The molecule has 0 saturated carbocycles. The first-order valence-electron chi connectivity index (χ1n) is 12.7. The van der Waals surface area contributed by atoms with Gasteiger partial charge in [-0.05, 0) is 64.4 Å². The molecule has 0 bridgehead atoms. The number of aryl methyl sites for hydroxylation is 1. The highest BCUT2D eigenvalue weighted by molar-refractivity contribution is 6.17. The zero-order valence-electron chi connectivity index (χ0n) is 22.4. The van der Waals surface area contributed by atoms with Crippen LogP contribution < -0.4 is 4.90 Å². The Hall–Kier alpha value is -3.72. The number of aromatic hydroxyl groups is 1. The molecule has 0 fully saturated rings. The summed E-state index contributed by atoms with van der Waals surface area (Å²) in [5.41, 5.74) is 7.94. The number of nitrogens with zero attached hydrogens (tertiary/aromatic N) is 2. The third kappa shape index (κ3) is 4.03. The van der Waals surface area contributed by atoms with Crippen LogP contribution in [-0.2, 0) is 17.9 Å². The summed E-state index contributed by atoms with van der Waals surface area (Å²) in [7, 11) is 2.02. The van der Waals surface area contributed by atoms with E-state index in [0.717, 1.165) is 38.9 Å². The molecular formula is C33H36N2O. The molecule has 0 radical (unpaired) electrons. The number of benzene rings is 4. The SMILES string of the molecule is Cn1c2ccccc2c2c(N(c3ccc(C(C)(C)C)cc3)c3ccc(C(C)(C)C)cc3)ccc(O)c21. The number of anilines is 3. The van der Waals surface area contributed by atoms with Gasteiger partial charge < -0.3 is 14.6 Å². The number of aromatic nitrogens is 1. The Bertz CT molecular complexity index is 1490. The second-order valence-corrected chi connectivity index (χ2v) is 11.8. The van der Waals surface area contributed by atoms with Crippen LogP contribution in [0.3, 0.4) is 0 Å². The van der Waals surface area contributed by atoms with Gasteiger partial charge in [0, 0.05) is 34.7 Å². The lowest BCUT2D eigenvalue weighted by atomic mass is 9.86. The Labute approximate surface area is 214 Å². The van der Waals surface area contributed by atoms with Gasteiger partial charge in [-0.25, -0.2) is 0 Å². The van der Waals surface area contributed by atoms with Gasteiger partial charge in [0.05, 0.1) is 11.2 Å². The third-order valence-corrected chi connectivity index (χ3v) is 7.23. The van der Waals surface area contributed by atoms with E-state index in [1.807, 2.05) is 25.2 Å². The first-order chi connectivity index (χ1) is 17.0. The van der Waals surface area contributed by atoms with E-state index in [2.05, 4.69) is 118 Å². The van der Waals surface area contributed by atoms with E-state index in [-0.39, 0.29) is 10.8 Å². The molecule has 0 aliphatic heterocycles. The minimum absolute atomic E-state index is 0.0825. The van der Waals surface area contributed by atoms with Crippen LogP contribution in [0.15, 0.2) is 84.9 Å². The smallest absolute Gasteiger partial charge is 0.140 e. The Morgan fingerprint density at radius 3 is 1.64 bits per heavy atom. The molecule has 0 aliphatic rings. The van der Waals surface area contributed by atoms with Crippen LogP contribution >= 0.6 is 0 Å². The van der Waals surface area contributed by atoms with Crippen molar-refractivity contribution in [3.05, 3.63) is 96.1 Å². The summed E-state index contributed by atoms with van der Waals surface area (Å²) < 4.78 is 2.09. The van der Waals surface area contributed by atoms with Crippen molar-refractivity contribution < 1.29 is 5.11 Å². The van der Waals surface area contributed by atoms with E-state index in [0.29, 0.717) is 5.75 Å². The van der Waals surface area contributed by atoms with Crippen molar-refractivity contribution >= 4 is 38.9 Å². The number of phenolic OH excluding ortho intramolecular Hbond substituents is 1. The van der Waals surface area contributed by atoms with Gasteiger partial charge in [-0.3, -0.25) is 0 Å². The van der Waals surface area contributed by atoms with E-state index in [4.69, 9.17) is 0 Å². The van der Waals surface area contributed by atoms with Crippen LogP contribution in [0.1, 0.15) is 52.7 Å². The summed E-state index contributed by atoms with van der Waals surface area (Å²) in [5.74, 6) is 0.290. The maximum Gasteiger partial charge on any atom is 0.140 e. The molecule has 0 amide bonds. The summed E-state index contributed by atoms with van der Waals surface area (Å²) >= 11 is 0. The summed E-state index contributed by atoms with van der Waals surface area (Å²) in [6.45, 7) is 13.4. The highest BCUT2D eigenvalue weighted by Crippen LogP contribution is 2.45. The van der Waals surface area contributed by atoms with Gasteiger partial charge >= 0.3 is 0 Å². The molecule has 1 heterocycles. The van der Waals surface area contributed by atoms with Crippen molar-refractivity contribution in [1.29, 1.82) is 0 Å². The molecule has 5 rings (SSSR count). The number of hydrogen-bond acceptors (Lipinski definition) is 2. The number of fused-ring (bicyclic) bond motifs is 3. The molecule has 3 heteroatoms. The highest BCUT2D eigenvalue weighted by Gasteiger charge is 2.23. The van der Waals surface area contributed by atoms with Gasteiger partial charge in [-0.1, -0.05) is 84.0 Å². The summed E-state index contributed by atoms with van der Waals surface area (Å²) in [4.78, 5) is 2.31. The normalized spacial score (nSPS) is 12.4. The standard InChI is InChI=1S/C33H36N2O/c1-32(2,3)22-12-16-24(17-13-22)35(25-18-14-23(15-19-25)33(4,5)6)28-20-21-29(36)31-30(28)26-10-8-9-11-27(26)34(31)7/h8-21,36H,1-7H3. The van der Waals surface area contributed by atoms with Crippen LogP contribution in [0, 0.1) is 0 Å². The average Bonchev–Trinajstić information content (AvgIpc) is 3.14. The maximum absolute atomic E-state index is 10.9. The molecular weight excluding hydrogens is 440 g/mol. The molecule has 36 heavy (non-hydrogen) atoms. The van der Waals surface area contributed by atoms with E-state index in [1.54, 1.807) is 0 Å². The zero-order chi connectivity index (χ0) is 25.8. The van der Waals surface area contributed by atoms with Gasteiger partial charge in [0.1, 0.15) is 5.75 Å². The molecule has 3 nitrogen and oxygen atoms in total. The van der Waals surface area contributed by atoms with E-state index >= 15 is 0 Å². The minimum Gasteiger partial charge on any atom is -0.506 e.